The summed E-state index contributed by atoms with van der Waals surface area (Å²) >= 11 is 0. The van der Waals surface area contributed by atoms with Gasteiger partial charge in [-0.15, -0.1) is 0 Å². The van der Waals surface area contributed by atoms with E-state index in [4.69, 9.17) is 0 Å². The van der Waals surface area contributed by atoms with Gasteiger partial charge in [0.25, 0.3) is 0 Å². The van der Waals surface area contributed by atoms with E-state index >= 15 is 0 Å². The van der Waals surface area contributed by atoms with E-state index < -0.39 is 0 Å². The molecule has 18 heavy (non-hydrogen) atoms. The number of allylic oxidation sites excluding steroid dienone is 1. The number of fused-ring (bicyclic) bond motifs is 1. The first kappa shape index (κ1) is 14.0. The van der Waals surface area contributed by atoms with Crippen molar-refractivity contribution in [3.05, 3.63) is 11.1 Å². The molecule has 0 bridgehead atoms. The molecule has 2 aliphatic carbocycles. The minimum absolute atomic E-state index is 0.0357. The van der Waals surface area contributed by atoms with Crippen LogP contribution in [0.15, 0.2) is 11.1 Å². The molecule has 104 valence electrons. The van der Waals surface area contributed by atoms with Crippen molar-refractivity contribution in [2.45, 2.75) is 39.5 Å². The Hall–Kier alpha value is -0.380. The van der Waals surface area contributed by atoms with Gasteiger partial charge in [-0.3, -0.25) is 0 Å². The summed E-state index contributed by atoms with van der Waals surface area (Å²) in [7, 11) is 0. The third-order valence-electron chi connectivity index (χ3n) is 5.11. The van der Waals surface area contributed by atoms with Crippen molar-refractivity contribution in [3.63, 3.8) is 0 Å². The van der Waals surface area contributed by atoms with Gasteiger partial charge < -0.3 is 15.3 Å². The highest BCUT2D eigenvalue weighted by Gasteiger charge is 2.43. The molecular weight excluding hydrogens is 228 g/mol. The van der Waals surface area contributed by atoms with Crippen LogP contribution in [0.1, 0.15) is 39.5 Å². The second-order valence-corrected chi connectivity index (χ2v) is 6.60. The van der Waals surface area contributed by atoms with Gasteiger partial charge in [-0.2, -0.15) is 0 Å². The van der Waals surface area contributed by atoms with Crippen LogP contribution in [0.25, 0.3) is 0 Å². The Kier molecular flexibility index (Phi) is 4.15. The Labute approximate surface area is 110 Å². The number of hydrogen-bond acceptors (Lipinski definition) is 3. The molecule has 3 N–H and O–H groups in total. The summed E-state index contributed by atoms with van der Waals surface area (Å²) < 4.78 is 0. The van der Waals surface area contributed by atoms with Crippen LogP contribution in [0.5, 0.6) is 0 Å². The number of aliphatic hydroxyl groups excluding tert-OH is 3. The van der Waals surface area contributed by atoms with Crippen molar-refractivity contribution >= 4 is 0 Å². The summed E-state index contributed by atoms with van der Waals surface area (Å²) in [6, 6.07) is 0. The zero-order chi connectivity index (χ0) is 13.3. The second kappa shape index (κ2) is 5.32. The maximum atomic E-state index is 9.66. The van der Waals surface area contributed by atoms with Crippen LogP contribution in [-0.2, 0) is 0 Å². The molecule has 4 atom stereocenters. The van der Waals surface area contributed by atoms with Crippen LogP contribution >= 0.6 is 0 Å². The Morgan fingerprint density at radius 3 is 2.50 bits per heavy atom. The summed E-state index contributed by atoms with van der Waals surface area (Å²) in [4.78, 5) is 0. The lowest BCUT2D eigenvalue weighted by Gasteiger charge is -2.23. The fraction of sp³-hybridized carbons (Fsp3) is 0.867. The van der Waals surface area contributed by atoms with Crippen LogP contribution in [0.4, 0.5) is 0 Å². The van der Waals surface area contributed by atoms with Crippen molar-refractivity contribution in [3.8, 4) is 0 Å². The van der Waals surface area contributed by atoms with E-state index in [9.17, 15) is 15.3 Å². The lowest BCUT2D eigenvalue weighted by atomic mass is 9.83. The van der Waals surface area contributed by atoms with Gasteiger partial charge in [0, 0.05) is 19.1 Å². The fourth-order valence-corrected chi connectivity index (χ4v) is 3.87. The largest absolute Gasteiger partial charge is 0.396 e. The minimum atomic E-state index is -0.0357. The maximum absolute atomic E-state index is 9.66. The van der Waals surface area contributed by atoms with Crippen LogP contribution in [0.3, 0.4) is 0 Å². The monoisotopic (exact) mass is 254 g/mol. The second-order valence-electron chi connectivity index (χ2n) is 6.60. The molecule has 3 heteroatoms. The predicted molar refractivity (Wildman–Crippen MR) is 71.0 cm³/mol. The third kappa shape index (κ3) is 2.36. The van der Waals surface area contributed by atoms with Gasteiger partial charge in [-0.25, -0.2) is 0 Å². The first-order valence-electron chi connectivity index (χ1n) is 7.09. The molecule has 1 saturated carbocycles. The Bertz CT molecular complexity index is 337. The lowest BCUT2D eigenvalue weighted by Crippen LogP contribution is -2.19. The highest BCUT2D eigenvalue weighted by molar-refractivity contribution is 5.28. The number of hydrogen-bond donors (Lipinski definition) is 3. The molecule has 0 spiro atoms. The fourth-order valence-electron chi connectivity index (χ4n) is 3.87. The van der Waals surface area contributed by atoms with Crippen LogP contribution in [0, 0.1) is 23.2 Å². The molecule has 0 saturated heterocycles. The van der Waals surface area contributed by atoms with Gasteiger partial charge in [0.15, 0.2) is 0 Å². The molecule has 0 radical (unpaired) electrons. The minimum Gasteiger partial charge on any atom is -0.396 e. The highest BCUT2D eigenvalue weighted by atomic mass is 16.3. The molecule has 0 aliphatic heterocycles. The molecular formula is C15H26O3. The zero-order valence-corrected chi connectivity index (χ0v) is 11.5. The summed E-state index contributed by atoms with van der Waals surface area (Å²) in [5, 5.41) is 28.8. The Balaban J connectivity index is 2.38. The molecule has 2 rings (SSSR count). The van der Waals surface area contributed by atoms with Crippen LogP contribution < -0.4 is 0 Å². The van der Waals surface area contributed by atoms with E-state index in [1.165, 1.54) is 5.57 Å². The molecule has 2 aliphatic rings. The highest BCUT2D eigenvalue weighted by Crippen LogP contribution is 2.52. The maximum Gasteiger partial charge on any atom is 0.0648 e. The Morgan fingerprint density at radius 2 is 1.94 bits per heavy atom. The van der Waals surface area contributed by atoms with E-state index in [2.05, 4.69) is 13.8 Å². The van der Waals surface area contributed by atoms with Gasteiger partial charge in [-0.1, -0.05) is 19.4 Å². The molecule has 0 amide bonds. The molecule has 1 fully saturated rings. The third-order valence-corrected chi connectivity index (χ3v) is 5.11. The predicted octanol–water partition coefficient (Wildman–Crippen LogP) is 1.72. The normalized spacial score (nSPS) is 40.8. The average molecular weight is 254 g/mol. The van der Waals surface area contributed by atoms with Gasteiger partial charge in [0.1, 0.15) is 0 Å². The molecule has 0 aromatic heterocycles. The van der Waals surface area contributed by atoms with E-state index in [-0.39, 0.29) is 31.2 Å². The first-order valence-corrected chi connectivity index (χ1v) is 7.09. The average Bonchev–Trinajstić information content (AvgIpc) is 2.67. The van der Waals surface area contributed by atoms with Crippen LogP contribution in [0.2, 0.25) is 0 Å². The smallest absolute Gasteiger partial charge is 0.0648 e. The van der Waals surface area contributed by atoms with E-state index in [1.54, 1.807) is 0 Å². The summed E-state index contributed by atoms with van der Waals surface area (Å²) in [5.74, 6) is 1.20. The molecule has 0 unspecified atom stereocenters. The van der Waals surface area contributed by atoms with Crippen molar-refractivity contribution in [1.29, 1.82) is 0 Å². The molecule has 0 aromatic carbocycles. The van der Waals surface area contributed by atoms with Crippen molar-refractivity contribution < 1.29 is 15.3 Å². The lowest BCUT2D eigenvalue weighted by molar-refractivity contribution is 0.137. The summed E-state index contributed by atoms with van der Waals surface area (Å²) in [5.41, 5.74) is 2.36. The SMILES string of the molecule is C[C@H]1CC[C@H](CO)C(CO)=C2C[C@](C)(CO)C[C@H]21. The van der Waals surface area contributed by atoms with Crippen molar-refractivity contribution in [2.24, 2.45) is 23.2 Å². The van der Waals surface area contributed by atoms with E-state index in [0.29, 0.717) is 11.8 Å². The molecule has 0 heterocycles. The topological polar surface area (TPSA) is 60.7 Å². The number of rotatable bonds is 3. The van der Waals surface area contributed by atoms with Gasteiger partial charge in [0.2, 0.25) is 0 Å². The van der Waals surface area contributed by atoms with Gasteiger partial charge >= 0.3 is 0 Å². The molecule has 0 aromatic rings. The van der Waals surface area contributed by atoms with E-state index in [1.807, 2.05) is 0 Å². The summed E-state index contributed by atoms with van der Waals surface area (Å²) in [6.07, 6.45) is 3.97. The zero-order valence-electron chi connectivity index (χ0n) is 11.5. The van der Waals surface area contributed by atoms with Gasteiger partial charge in [-0.05, 0) is 48.5 Å². The van der Waals surface area contributed by atoms with E-state index in [0.717, 1.165) is 31.3 Å². The quantitative estimate of drug-likeness (QED) is 0.672. The van der Waals surface area contributed by atoms with Crippen molar-refractivity contribution in [2.75, 3.05) is 19.8 Å². The first-order chi connectivity index (χ1) is 8.54. The number of aliphatic hydroxyl groups is 3. The Morgan fingerprint density at radius 1 is 1.22 bits per heavy atom. The van der Waals surface area contributed by atoms with Crippen LogP contribution in [-0.4, -0.2) is 35.1 Å². The van der Waals surface area contributed by atoms with Crippen molar-refractivity contribution in [1.82, 2.24) is 0 Å². The standard InChI is InChI=1S/C15H26O3/c1-10-3-4-11(7-16)14(8-17)13-6-15(2,9-18)5-12(10)13/h10-12,16-18H,3-9H2,1-2H3/t10-,11+,12-,15+/m0/s1. The molecule has 3 nitrogen and oxygen atoms in total. The summed E-state index contributed by atoms with van der Waals surface area (Å²) in [6.45, 7) is 4.80. The van der Waals surface area contributed by atoms with Gasteiger partial charge in [0.05, 0.1) is 6.61 Å².